The van der Waals surface area contributed by atoms with Crippen LogP contribution in [0, 0.1) is 23.7 Å². The van der Waals surface area contributed by atoms with Crippen LogP contribution >= 0.6 is 0 Å². The third-order valence-electron chi connectivity index (χ3n) is 6.17. The van der Waals surface area contributed by atoms with Crippen molar-refractivity contribution in [2.75, 3.05) is 26.2 Å². The van der Waals surface area contributed by atoms with Crippen LogP contribution in [0.2, 0.25) is 0 Å². The Labute approximate surface area is 128 Å². The minimum absolute atomic E-state index is 0.226. The van der Waals surface area contributed by atoms with Gasteiger partial charge in [0.1, 0.15) is 0 Å². The largest absolute Gasteiger partial charge is 0.356 e. The molecular weight excluding hydrogens is 262 g/mol. The number of carbonyl (C=O) groups excluding carboxylic acids is 1. The van der Waals surface area contributed by atoms with Gasteiger partial charge in [0.05, 0.1) is 0 Å². The Hall–Kier alpha value is -0.610. The minimum atomic E-state index is 0.226. The summed E-state index contributed by atoms with van der Waals surface area (Å²) in [5.74, 6) is 2.36. The Balaban J connectivity index is 1.46. The van der Waals surface area contributed by atoms with Crippen LogP contribution in [-0.2, 0) is 4.79 Å². The molecule has 0 aromatic heterocycles. The Morgan fingerprint density at radius 3 is 2.57 bits per heavy atom. The van der Waals surface area contributed by atoms with Gasteiger partial charge in [0.2, 0.25) is 5.91 Å². The Morgan fingerprint density at radius 2 is 1.95 bits per heavy atom. The van der Waals surface area contributed by atoms with Crippen molar-refractivity contribution in [1.29, 1.82) is 0 Å². The van der Waals surface area contributed by atoms with Crippen LogP contribution in [0.1, 0.15) is 45.4 Å². The van der Waals surface area contributed by atoms with Crippen LogP contribution in [0.5, 0.6) is 0 Å². The first-order chi connectivity index (χ1) is 10.2. The molecule has 21 heavy (non-hydrogen) atoms. The molecule has 3 fully saturated rings. The molecule has 1 aliphatic heterocycles. The minimum Gasteiger partial charge on any atom is -0.356 e. The second kappa shape index (κ2) is 6.66. The molecule has 0 aromatic rings. The zero-order chi connectivity index (χ0) is 14.8. The molecule has 3 aliphatic rings. The van der Waals surface area contributed by atoms with E-state index in [0.717, 1.165) is 32.5 Å². The molecule has 2 saturated carbocycles. The molecule has 3 unspecified atom stereocenters. The first-order valence-corrected chi connectivity index (χ1v) is 8.93. The van der Waals surface area contributed by atoms with E-state index in [-0.39, 0.29) is 5.92 Å². The van der Waals surface area contributed by atoms with Crippen LogP contribution < -0.4 is 11.1 Å². The van der Waals surface area contributed by atoms with E-state index in [2.05, 4.69) is 17.1 Å². The van der Waals surface area contributed by atoms with E-state index in [1.807, 2.05) is 0 Å². The molecule has 2 bridgehead atoms. The van der Waals surface area contributed by atoms with Crippen molar-refractivity contribution in [3.8, 4) is 0 Å². The lowest BCUT2D eigenvalue weighted by Crippen LogP contribution is -2.49. The summed E-state index contributed by atoms with van der Waals surface area (Å²) >= 11 is 0. The molecular formula is C17H31N3O. The van der Waals surface area contributed by atoms with Crippen molar-refractivity contribution >= 4 is 5.91 Å². The highest BCUT2D eigenvalue weighted by atomic mass is 16.1. The van der Waals surface area contributed by atoms with Crippen LogP contribution in [0.4, 0.5) is 0 Å². The maximum atomic E-state index is 12.5. The predicted octanol–water partition coefficient (Wildman–Crippen LogP) is 1.60. The summed E-state index contributed by atoms with van der Waals surface area (Å²) in [5, 5.41) is 3.24. The van der Waals surface area contributed by atoms with Crippen molar-refractivity contribution in [1.82, 2.24) is 10.2 Å². The molecule has 1 amide bonds. The molecule has 4 heteroatoms. The smallest absolute Gasteiger partial charge is 0.223 e. The van der Waals surface area contributed by atoms with E-state index >= 15 is 0 Å². The van der Waals surface area contributed by atoms with E-state index in [4.69, 9.17) is 5.73 Å². The first-order valence-electron chi connectivity index (χ1n) is 8.93. The Kier molecular flexibility index (Phi) is 4.85. The molecule has 1 heterocycles. The standard InChI is InChI=1S/C17H31N3O/c1-2-20-7-6-12(11-20)10-19-17(21)15-8-13-4-3-5-14(9-15)16(13)18/h12-16H,2-11,18H2,1H3,(H,19,21). The van der Waals surface area contributed by atoms with Crippen LogP contribution in [-0.4, -0.2) is 43.0 Å². The lowest BCUT2D eigenvalue weighted by Gasteiger charge is -2.43. The summed E-state index contributed by atoms with van der Waals surface area (Å²) in [5.41, 5.74) is 6.31. The van der Waals surface area contributed by atoms with Crippen LogP contribution in [0.3, 0.4) is 0 Å². The molecule has 0 aromatic carbocycles. The van der Waals surface area contributed by atoms with E-state index < -0.39 is 0 Å². The average Bonchev–Trinajstić information content (AvgIpc) is 2.92. The molecule has 0 spiro atoms. The van der Waals surface area contributed by atoms with Gasteiger partial charge in [-0.3, -0.25) is 4.79 Å². The van der Waals surface area contributed by atoms with Gasteiger partial charge in [0, 0.05) is 25.0 Å². The molecule has 4 nitrogen and oxygen atoms in total. The number of nitrogens with zero attached hydrogens (tertiary/aromatic N) is 1. The zero-order valence-corrected chi connectivity index (χ0v) is 13.4. The maximum absolute atomic E-state index is 12.5. The van der Waals surface area contributed by atoms with Gasteiger partial charge < -0.3 is 16.0 Å². The number of amides is 1. The van der Waals surface area contributed by atoms with Crippen molar-refractivity contribution in [2.24, 2.45) is 29.4 Å². The number of nitrogens with one attached hydrogen (secondary N) is 1. The van der Waals surface area contributed by atoms with E-state index in [9.17, 15) is 4.79 Å². The lowest BCUT2D eigenvalue weighted by atomic mass is 9.65. The second-order valence-electron chi connectivity index (χ2n) is 7.49. The number of nitrogens with two attached hydrogens (primary N) is 1. The summed E-state index contributed by atoms with van der Waals surface area (Å²) in [6.07, 6.45) is 7.05. The van der Waals surface area contributed by atoms with Crippen molar-refractivity contribution in [2.45, 2.75) is 51.5 Å². The van der Waals surface area contributed by atoms with E-state index in [1.54, 1.807) is 0 Å². The maximum Gasteiger partial charge on any atom is 0.223 e. The number of fused-ring (bicyclic) bond motifs is 2. The van der Waals surface area contributed by atoms with Gasteiger partial charge in [-0.2, -0.15) is 0 Å². The van der Waals surface area contributed by atoms with Gasteiger partial charge in [0.25, 0.3) is 0 Å². The van der Waals surface area contributed by atoms with Gasteiger partial charge in [0.15, 0.2) is 0 Å². The van der Waals surface area contributed by atoms with Gasteiger partial charge in [-0.1, -0.05) is 13.3 Å². The average molecular weight is 293 g/mol. The Morgan fingerprint density at radius 1 is 1.24 bits per heavy atom. The number of carbonyl (C=O) groups is 1. The summed E-state index contributed by atoms with van der Waals surface area (Å²) in [4.78, 5) is 15.0. The number of rotatable bonds is 4. The zero-order valence-electron chi connectivity index (χ0n) is 13.4. The summed E-state index contributed by atoms with van der Waals surface area (Å²) in [7, 11) is 0. The lowest BCUT2D eigenvalue weighted by molar-refractivity contribution is -0.128. The monoisotopic (exact) mass is 293 g/mol. The molecule has 3 atom stereocenters. The third-order valence-corrected chi connectivity index (χ3v) is 6.17. The topological polar surface area (TPSA) is 58.4 Å². The fraction of sp³-hybridized carbons (Fsp3) is 0.941. The molecule has 2 aliphatic carbocycles. The van der Waals surface area contributed by atoms with Crippen molar-refractivity contribution in [3.63, 3.8) is 0 Å². The molecule has 3 rings (SSSR count). The summed E-state index contributed by atoms with van der Waals surface area (Å²) in [6, 6.07) is 0.357. The van der Waals surface area contributed by atoms with E-state index in [0.29, 0.717) is 29.7 Å². The number of hydrogen-bond donors (Lipinski definition) is 2. The second-order valence-corrected chi connectivity index (χ2v) is 7.49. The molecule has 1 saturated heterocycles. The Bertz CT molecular complexity index is 359. The first kappa shape index (κ1) is 15.3. The van der Waals surface area contributed by atoms with Gasteiger partial charge >= 0.3 is 0 Å². The molecule has 0 radical (unpaired) electrons. The summed E-state index contributed by atoms with van der Waals surface area (Å²) in [6.45, 7) is 6.56. The quantitative estimate of drug-likeness (QED) is 0.828. The number of hydrogen-bond acceptors (Lipinski definition) is 3. The number of likely N-dealkylation sites (tertiary alicyclic amines) is 1. The van der Waals surface area contributed by atoms with Crippen LogP contribution in [0.15, 0.2) is 0 Å². The highest BCUT2D eigenvalue weighted by Crippen LogP contribution is 2.41. The highest BCUT2D eigenvalue weighted by Gasteiger charge is 2.40. The fourth-order valence-corrected chi connectivity index (χ4v) is 4.76. The van der Waals surface area contributed by atoms with Crippen molar-refractivity contribution < 1.29 is 4.79 Å². The van der Waals surface area contributed by atoms with E-state index in [1.165, 1.54) is 32.2 Å². The summed E-state index contributed by atoms with van der Waals surface area (Å²) < 4.78 is 0. The predicted molar refractivity (Wildman–Crippen MR) is 84.8 cm³/mol. The van der Waals surface area contributed by atoms with Gasteiger partial charge in [-0.25, -0.2) is 0 Å². The van der Waals surface area contributed by atoms with Gasteiger partial charge in [-0.05, 0) is 62.9 Å². The third kappa shape index (κ3) is 3.42. The molecule has 120 valence electrons. The molecule has 3 N–H and O–H groups in total. The van der Waals surface area contributed by atoms with Crippen LogP contribution in [0.25, 0.3) is 0 Å². The fourth-order valence-electron chi connectivity index (χ4n) is 4.76. The highest BCUT2D eigenvalue weighted by molar-refractivity contribution is 5.78. The van der Waals surface area contributed by atoms with Crippen molar-refractivity contribution in [3.05, 3.63) is 0 Å². The van der Waals surface area contributed by atoms with Gasteiger partial charge in [-0.15, -0.1) is 0 Å². The SMILES string of the molecule is CCN1CCC(CNC(=O)C2CC3CCCC(C2)C3N)C1. The normalized spacial score (nSPS) is 40.2.